The number of amides is 1. The van der Waals surface area contributed by atoms with Crippen LogP contribution < -0.4 is 5.32 Å². The second kappa shape index (κ2) is 45.8. The Morgan fingerprint density at radius 3 is 1.45 bits per heavy atom. The Kier molecular flexibility index (Phi) is 44.2. The Hall–Kier alpha value is -1.92. The van der Waals surface area contributed by atoms with Gasteiger partial charge in [0.1, 0.15) is 0 Å². The lowest BCUT2D eigenvalue weighted by Crippen LogP contribution is -2.45. The van der Waals surface area contributed by atoms with Crippen LogP contribution in [0.1, 0.15) is 245 Å². The molecule has 3 N–H and O–H groups in total. The number of carbonyl (C=O) groups excluding carboxylic acids is 2. The van der Waals surface area contributed by atoms with Crippen LogP contribution in [0.5, 0.6) is 0 Å². The van der Waals surface area contributed by atoms with Crippen molar-refractivity contribution in [3.8, 4) is 0 Å². The highest BCUT2D eigenvalue weighted by molar-refractivity contribution is 5.76. The topological polar surface area (TPSA) is 95.9 Å². The lowest BCUT2D eigenvalue weighted by atomic mass is 10.0. The van der Waals surface area contributed by atoms with Gasteiger partial charge in [0.2, 0.25) is 5.91 Å². The minimum atomic E-state index is -0.687. The molecule has 0 aromatic carbocycles. The van der Waals surface area contributed by atoms with Gasteiger partial charge in [-0.1, -0.05) is 192 Å². The monoisotopic (exact) mass is 788 g/mol. The minimum absolute atomic E-state index is 0.0522. The molecule has 0 saturated carbocycles. The second-order valence-electron chi connectivity index (χ2n) is 16.4. The van der Waals surface area contributed by atoms with E-state index in [2.05, 4.69) is 55.6 Å². The maximum Gasteiger partial charge on any atom is 0.305 e. The Labute approximate surface area is 347 Å². The number of nitrogens with one attached hydrogen (secondary N) is 1. The molecule has 0 aliphatic carbocycles. The highest BCUT2D eigenvalue weighted by Crippen LogP contribution is 2.16. The van der Waals surface area contributed by atoms with Crippen LogP contribution in [0.2, 0.25) is 0 Å². The van der Waals surface area contributed by atoms with Gasteiger partial charge in [0.05, 0.1) is 25.4 Å². The van der Waals surface area contributed by atoms with E-state index < -0.39 is 12.1 Å². The molecule has 0 aliphatic rings. The molecule has 0 aliphatic heterocycles. The number of rotatable bonds is 44. The summed E-state index contributed by atoms with van der Waals surface area (Å²) in [5.74, 6) is -0.125. The molecule has 0 aromatic rings. The van der Waals surface area contributed by atoms with Crippen LogP contribution in [0.4, 0.5) is 0 Å². The average molecular weight is 788 g/mol. The van der Waals surface area contributed by atoms with E-state index in [9.17, 15) is 19.8 Å². The van der Waals surface area contributed by atoms with Crippen molar-refractivity contribution < 1.29 is 24.5 Å². The van der Waals surface area contributed by atoms with E-state index in [0.29, 0.717) is 25.9 Å². The normalized spacial score (nSPS) is 13.0. The van der Waals surface area contributed by atoms with Crippen LogP contribution >= 0.6 is 0 Å². The van der Waals surface area contributed by atoms with Crippen molar-refractivity contribution in [3.05, 3.63) is 36.5 Å². The smallest absolute Gasteiger partial charge is 0.305 e. The summed E-state index contributed by atoms with van der Waals surface area (Å²) in [5.41, 5.74) is 0. The van der Waals surface area contributed by atoms with Crippen LogP contribution in [-0.2, 0) is 14.3 Å². The van der Waals surface area contributed by atoms with Crippen molar-refractivity contribution in [3.63, 3.8) is 0 Å². The molecule has 2 atom stereocenters. The van der Waals surface area contributed by atoms with E-state index in [1.54, 1.807) is 0 Å². The maximum atomic E-state index is 12.4. The number of ether oxygens (including phenoxy) is 1. The lowest BCUT2D eigenvalue weighted by molar-refractivity contribution is -0.143. The molecule has 1 amide bonds. The lowest BCUT2D eigenvalue weighted by Gasteiger charge is -2.22. The van der Waals surface area contributed by atoms with Gasteiger partial charge in [-0.15, -0.1) is 0 Å². The van der Waals surface area contributed by atoms with Gasteiger partial charge < -0.3 is 20.3 Å². The van der Waals surface area contributed by atoms with Crippen molar-refractivity contribution in [2.24, 2.45) is 0 Å². The van der Waals surface area contributed by atoms with Crippen molar-refractivity contribution in [1.82, 2.24) is 5.32 Å². The summed E-state index contributed by atoms with van der Waals surface area (Å²) in [6.45, 7) is 4.78. The van der Waals surface area contributed by atoms with Crippen LogP contribution in [0.3, 0.4) is 0 Å². The first-order valence-electron chi connectivity index (χ1n) is 24.2. The van der Waals surface area contributed by atoms with Crippen molar-refractivity contribution in [1.29, 1.82) is 0 Å². The number of unbranched alkanes of at least 4 members (excludes halogenated alkanes) is 27. The first kappa shape index (κ1) is 54.1. The number of aliphatic hydroxyl groups excluding tert-OH is 2. The Bertz CT molecular complexity index is 915. The fourth-order valence-electron chi connectivity index (χ4n) is 7.14. The summed E-state index contributed by atoms with van der Waals surface area (Å²) in [4.78, 5) is 24.4. The van der Waals surface area contributed by atoms with E-state index in [-0.39, 0.29) is 18.5 Å². The molecule has 6 nitrogen and oxygen atoms in total. The fourth-order valence-corrected chi connectivity index (χ4v) is 7.14. The summed E-state index contributed by atoms with van der Waals surface area (Å²) in [6, 6.07) is -0.568. The van der Waals surface area contributed by atoms with Crippen molar-refractivity contribution >= 4 is 11.9 Å². The predicted molar refractivity (Wildman–Crippen MR) is 241 cm³/mol. The predicted octanol–water partition coefficient (Wildman–Crippen LogP) is 14.1. The SMILES string of the molecule is CCC/C=C\C/C=C\CCCCCCCC(=O)OCCCC/C=C\CCCCCCC(=O)NC(CO)C(O)CCCCCCCCCCCCCCCCCC. The Balaban J connectivity index is 3.56. The van der Waals surface area contributed by atoms with Gasteiger partial charge in [0.25, 0.3) is 0 Å². The molecular formula is C50H93NO5. The molecule has 0 aromatic heterocycles. The largest absolute Gasteiger partial charge is 0.466 e. The van der Waals surface area contributed by atoms with Gasteiger partial charge >= 0.3 is 5.97 Å². The molecule has 2 unspecified atom stereocenters. The molecule has 0 heterocycles. The summed E-state index contributed by atoms with van der Waals surface area (Å²) in [7, 11) is 0. The van der Waals surface area contributed by atoms with Crippen molar-refractivity contribution in [2.75, 3.05) is 13.2 Å². The highest BCUT2D eigenvalue weighted by Gasteiger charge is 2.20. The van der Waals surface area contributed by atoms with Crippen LogP contribution in [0.25, 0.3) is 0 Å². The molecular weight excluding hydrogens is 695 g/mol. The molecule has 0 bridgehead atoms. The first-order valence-corrected chi connectivity index (χ1v) is 24.2. The van der Waals surface area contributed by atoms with E-state index in [1.165, 1.54) is 122 Å². The van der Waals surface area contributed by atoms with Gasteiger partial charge in [-0.3, -0.25) is 9.59 Å². The molecule has 56 heavy (non-hydrogen) atoms. The number of aliphatic hydroxyl groups is 2. The van der Waals surface area contributed by atoms with Crippen LogP contribution in [0.15, 0.2) is 36.5 Å². The minimum Gasteiger partial charge on any atom is -0.466 e. The highest BCUT2D eigenvalue weighted by atomic mass is 16.5. The standard InChI is InChI=1S/C50H93NO5/c1-3-5-7-9-11-13-15-17-18-19-21-22-26-30-34-38-42-48(53)47(46-52)51-49(54)43-39-35-31-27-24-25-29-33-37-41-45-56-50(55)44-40-36-32-28-23-20-16-14-12-10-8-6-4-2/h8,10,14,16,25,29,47-48,52-53H,3-7,9,11-13,15,17-24,26-28,30-46H2,1-2H3,(H,51,54)/b10-8-,16-14-,29-25-. The number of allylic oxidation sites excluding steroid dienone is 6. The van der Waals surface area contributed by atoms with E-state index in [1.807, 2.05) is 0 Å². The molecule has 0 spiro atoms. The zero-order valence-electron chi connectivity index (χ0n) is 37.1. The second-order valence-corrected chi connectivity index (χ2v) is 16.4. The van der Waals surface area contributed by atoms with Gasteiger partial charge in [-0.25, -0.2) is 0 Å². The number of carbonyl (C=O) groups is 2. The number of esters is 1. The number of hydrogen-bond acceptors (Lipinski definition) is 5. The average Bonchev–Trinajstić information content (AvgIpc) is 3.20. The summed E-state index contributed by atoms with van der Waals surface area (Å²) >= 11 is 0. The Morgan fingerprint density at radius 1 is 0.500 bits per heavy atom. The van der Waals surface area contributed by atoms with Crippen LogP contribution in [-0.4, -0.2) is 47.4 Å². The fraction of sp³-hybridized carbons (Fsp3) is 0.840. The summed E-state index contributed by atoms with van der Waals surface area (Å²) in [6.07, 6.45) is 53.9. The van der Waals surface area contributed by atoms with Gasteiger partial charge in [0.15, 0.2) is 0 Å². The number of hydrogen-bond donors (Lipinski definition) is 3. The third kappa shape index (κ3) is 41.7. The van der Waals surface area contributed by atoms with E-state index >= 15 is 0 Å². The molecule has 0 rings (SSSR count). The van der Waals surface area contributed by atoms with Gasteiger partial charge in [-0.2, -0.15) is 0 Å². The third-order valence-electron chi connectivity index (χ3n) is 10.9. The van der Waals surface area contributed by atoms with Gasteiger partial charge in [-0.05, 0) is 77.0 Å². The Morgan fingerprint density at radius 2 is 0.929 bits per heavy atom. The zero-order valence-corrected chi connectivity index (χ0v) is 37.1. The van der Waals surface area contributed by atoms with E-state index in [4.69, 9.17) is 4.74 Å². The quantitative estimate of drug-likeness (QED) is 0.0325. The first-order chi connectivity index (χ1) is 27.5. The molecule has 6 heteroatoms. The van der Waals surface area contributed by atoms with E-state index in [0.717, 1.165) is 89.9 Å². The molecule has 328 valence electrons. The zero-order chi connectivity index (χ0) is 40.8. The molecule has 0 fully saturated rings. The maximum absolute atomic E-state index is 12.4. The van der Waals surface area contributed by atoms with Crippen LogP contribution in [0, 0.1) is 0 Å². The van der Waals surface area contributed by atoms with Crippen molar-refractivity contribution in [2.45, 2.75) is 257 Å². The summed E-state index contributed by atoms with van der Waals surface area (Å²) in [5, 5.41) is 23.2. The van der Waals surface area contributed by atoms with Gasteiger partial charge in [0, 0.05) is 12.8 Å². The molecule has 0 radical (unpaired) electrons. The summed E-state index contributed by atoms with van der Waals surface area (Å²) < 4.78 is 5.41. The molecule has 0 saturated heterocycles. The third-order valence-corrected chi connectivity index (χ3v) is 10.9.